The lowest BCUT2D eigenvalue weighted by molar-refractivity contribution is 0.242. The summed E-state index contributed by atoms with van der Waals surface area (Å²) in [5.74, 6) is 1.65. The zero-order valence-corrected chi connectivity index (χ0v) is 10.7. The van der Waals surface area contributed by atoms with Gasteiger partial charge >= 0.3 is 0 Å². The highest BCUT2D eigenvalue weighted by atomic mass is 16.5. The Morgan fingerprint density at radius 3 is 2.89 bits per heavy atom. The van der Waals surface area contributed by atoms with Crippen molar-refractivity contribution in [2.24, 2.45) is 5.73 Å². The molecule has 4 heteroatoms. The maximum atomic E-state index is 5.65. The standard InChI is InChI=1S/C14H18N2O2/c1-10(2)17-12-5-3-4-11(8-12)14-9-13(6-7-15)18-16-14/h3-5,8-10H,6-7,15H2,1-2H3. The Morgan fingerprint density at radius 2 is 2.17 bits per heavy atom. The van der Waals surface area contributed by atoms with E-state index in [-0.39, 0.29) is 6.10 Å². The van der Waals surface area contributed by atoms with Crippen molar-refractivity contribution in [2.45, 2.75) is 26.4 Å². The molecule has 0 aliphatic rings. The average Bonchev–Trinajstić information content (AvgIpc) is 2.78. The minimum atomic E-state index is 0.158. The smallest absolute Gasteiger partial charge is 0.138 e. The minimum Gasteiger partial charge on any atom is -0.491 e. The van der Waals surface area contributed by atoms with Crippen molar-refractivity contribution in [2.75, 3.05) is 6.54 Å². The third kappa shape index (κ3) is 3.11. The first-order valence-electron chi connectivity index (χ1n) is 6.12. The molecule has 2 N–H and O–H groups in total. The molecule has 1 aromatic carbocycles. The molecule has 1 aromatic heterocycles. The minimum absolute atomic E-state index is 0.158. The van der Waals surface area contributed by atoms with Crippen molar-refractivity contribution in [3.63, 3.8) is 0 Å². The highest BCUT2D eigenvalue weighted by molar-refractivity contribution is 5.60. The van der Waals surface area contributed by atoms with E-state index in [1.807, 2.05) is 44.2 Å². The van der Waals surface area contributed by atoms with Gasteiger partial charge in [0.25, 0.3) is 0 Å². The number of aromatic nitrogens is 1. The summed E-state index contributed by atoms with van der Waals surface area (Å²) in [6, 6.07) is 9.75. The molecule has 0 spiro atoms. The van der Waals surface area contributed by atoms with Crippen molar-refractivity contribution in [3.05, 3.63) is 36.1 Å². The molecule has 0 atom stereocenters. The number of rotatable bonds is 5. The van der Waals surface area contributed by atoms with E-state index in [0.717, 1.165) is 22.8 Å². The lowest BCUT2D eigenvalue weighted by Crippen LogP contribution is -2.05. The fourth-order valence-electron chi connectivity index (χ4n) is 1.71. The predicted molar refractivity (Wildman–Crippen MR) is 70.5 cm³/mol. The summed E-state index contributed by atoms with van der Waals surface area (Å²) in [5.41, 5.74) is 7.28. The number of hydrogen-bond acceptors (Lipinski definition) is 4. The third-order valence-corrected chi connectivity index (χ3v) is 2.45. The second-order valence-electron chi connectivity index (χ2n) is 4.41. The molecule has 96 valence electrons. The molecule has 0 unspecified atom stereocenters. The maximum absolute atomic E-state index is 5.65. The van der Waals surface area contributed by atoms with Crippen LogP contribution in [0.4, 0.5) is 0 Å². The van der Waals surface area contributed by atoms with Crippen molar-refractivity contribution in [1.29, 1.82) is 0 Å². The average molecular weight is 246 g/mol. The van der Waals surface area contributed by atoms with E-state index in [4.69, 9.17) is 15.0 Å². The van der Waals surface area contributed by atoms with Gasteiger partial charge in [-0.05, 0) is 32.5 Å². The largest absolute Gasteiger partial charge is 0.491 e. The molecule has 0 aliphatic heterocycles. The lowest BCUT2D eigenvalue weighted by atomic mass is 10.1. The highest BCUT2D eigenvalue weighted by Crippen LogP contribution is 2.24. The zero-order chi connectivity index (χ0) is 13.0. The van der Waals surface area contributed by atoms with Crippen molar-refractivity contribution >= 4 is 0 Å². The molecule has 2 rings (SSSR count). The summed E-state index contributed by atoms with van der Waals surface area (Å²) < 4.78 is 10.9. The molecule has 1 heterocycles. The summed E-state index contributed by atoms with van der Waals surface area (Å²) in [6.45, 7) is 4.56. The van der Waals surface area contributed by atoms with Gasteiger partial charge in [-0.2, -0.15) is 0 Å². The van der Waals surface area contributed by atoms with E-state index in [1.54, 1.807) is 0 Å². The van der Waals surface area contributed by atoms with Gasteiger partial charge in [0.15, 0.2) is 0 Å². The Kier molecular flexibility index (Phi) is 3.99. The number of benzene rings is 1. The quantitative estimate of drug-likeness (QED) is 0.881. The van der Waals surface area contributed by atoms with E-state index >= 15 is 0 Å². The monoisotopic (exact) mass is 246 g/mol. The number of nitrogens with zero attached hydrogens (tertiary/aromatic N) is 1. The van der Waals surface area contributed by atoms with E-state index in [1.165, 1.54) is 0 Å². The fourth-order valence-corrected chi connectivity index (χ4v) is 1.71. The predicted octanol–water partition coefficient (Wildman–Crippen LogP) is 2.63. The lowest BCUT2D eigenvalue weighted by Gasteiger charge is -2.09. The topological polar surface area (TPSA) is 61.3 Å². The van der Waals surface area contributed by atoms with E-state index in [0.29, 0.717) is 13.0 Å². The van der Waals surface area contributed by atoms with Gasteiger partial charge < -0.3 is 15.0 Å². The summed E-state index contributed by atoms with van der Waals surface area (Å²) >= 11 is 0. The first-order valence-corrected chi connectivity index (χ1v) is 6.12. The summed E-state index contributed by atoms with van der Waals surface area (Å²) in [7, 11) is 0. The van der Waals surface area contributed by atoms with Crippen LogP contribution in [-0.2, 0) is 6.42 Å². The van der Waals surface area contributed by atoms with E-state index in [2.05, 4.69) is 5.16 Å². The van der Waals surface area contributed by atoms with E-state index < -0.39 is 0 Å². The Hall–Kier alpha value is -1.81. The molecular formula is C14H18N2O2. The van der Waals surface area contributed by atoms with Gasteiger partial charge in [0.2, 0.25) is 0 Å². The normalized spacial score (nSPS) is 10.9. The van der Waals surface area contributed by atoms with Crippen LogP contribution in [0.2, 0.25) is 0 Å². The van der Waals surface area contributed by atoms with Gasteiger partial charge in [-0.25, -0.2) is 0 Å². The molecule has 0 amide bonds. The van der Waals surface area contributed by atoms with Gasteiger partial charge in [-0.3, -0.25) is 0 Å². The molecule has 0 radical (unpaired) electrons. The second-order valence-corrected chi connectivity index (χ2v) is 4.41. The van der Waals surface area contributed by atoms with Crippen LogP contribution < -0.4 is 10.5 Å². The van der Waals surface area contributed by atoms with Crippen molar-refractivity contribution in [3.8, 4) is 17.0 Å². The van der Waals surface area contributed by atoms with Crippen LogP contribution >= 0.6 is 0 Å². The Labute approximate surface area is 107 Å². The molecule has 0 aliphatic carbocycles. The van der Waals surface area contributed by atoms with Crippen LogP contribution in [0.25, 0.3) is 11.3 Å². The number of hydrogen-bond donors (Lipinski definition) is 1. The zero-order valence-electron chi connectivity index (χ0n) is 10.7. The van der Waals surface area contributed by atoms with Crippen molar-refractivity contribution in [1.82, 2.24) is 5.16 Å². The van der Waals surface area contributed by atoms with Crippen molar-refractivity contribution < 1.29 is 9.26 Å². The van der Waals surface area contributed by atoms with Gasteiger partial charge in [0.1, 0.15) is 17.2 Å². The van der Waals surface area contributed by atoms with Gasteiger partial charge in [-0.15, -0.1) is 0 Å². The molecule has 0 fully saturated rings. The van der Waals surface area contributed by atoms with Gasteiger partial charge in [-0.1, -0.05) is 17.3 Å². The molecule has 0 bridgehead atoms. The maximum Gasteiger partial charge on any atom is 0.138 e. The van der Waals surface area contributed by atoms with Gasteiger partial charge in [0, 0.05) is 18.1 Å². The van der Waals surface area contributed by atoms with Crippen LogP contribution in [-0.4, -0.2) is 17.8 Å². The van der Waals surface area contributed by atoms with Crippen LogP contribution in [0, 0.1) is 0 Å². The van der Waals surface area contributed by atoms with Crippen LogP contribution in [0.3, 0.4) is 0 Å². The molecule has 4 nitrogen and oxygen atoms in total. The molecular weight excluding hydrogens is 228 g/mol. The van der Waals surface area contributed by atoms with E-state index in [9.17, 15) is 0 Å². The summed E-state index contributed by atoms with van der Waals surface area (Å²) in [5, 5.41) is 4.04. The Morgan fingerprint density at radius 1 is 1.33 bits per heavy atom. The first kappa shape index (κ1) is 12.6. The fraction of sp³-hybridized carbons (Fsp3) is 0.357. The molecule has 18 heavy (non-hydrogen) atoms. The molecule has 0 saturated carbocycles. The van der Waals surface area contributed by atoms with Crippen LogP contribution in [0.1, 0.15) is 19.6 Å². The SMILES string of the molecule is CC(C)Oc1cccc(-c2cc(CCN)on2)c1. The van der Waals surface area contributed by atoms with Crippen LogP contribution in [0.15, 0.2) is 34.9 Å². The molecule has 2 aromatic rings. The molecule has 0 saturated heterocycles. The highest BCUT2D eigenvalue weighted by Gasteiger charge is 2.07. The first-order chi connectivity index (χ1) is 8.69. The Bertz CT molecular complexity index is 506. The number of nitrogens with two attached hydrogens (primary N) is 1. The van der Waals surface area contributed by atoms with Gasteiger partial charge in [0.05, 0.1) is 6.10 Å². The third-order valence-electron chi connectivity index (χ3n) is 2.45. The second kappa shape index (κ2) is 5.69. The summed E-state index contributed by atoms with van der Waals surface area (Å²) in [6.07, 6.45) is 0.861. The summed E-state index contributed by atoms with van der Waals surface area (Å²) in [4.78, 5) is 0. The Balaban J connectivity index is 2.21. The number of ether oxygens (including phenoxy) is 1. The van der Waals surface area contributed by atoms with Crippen LogP contribution in [0.5, 0.6) is 5.75 Å².